The highest BCUT2D eigenvalue weighted by Crippen LogP contribution is 2.44. The molecule has 16 heteroatoms. The van der Waals surface area contributed by atoms with Gasteiger partial charge in [0.05, 0.1) is 12.9 Å². The zero-order chi connectivity index (χ0) is 33.6. The van der Waals surface area contributed by atoms with Gasteiger partial charge in [-0.05, 0) is 48.4 Å². The van der Waals surface area contributed by atoms with Crippen LogP contribution in [0.5, 0.6) is 0 Å². The summed E-state index contributed by atoms with van der Waals surface area (Å²) in [7, 11) is -9.81. The molecule has 45 heavy (non-hydrogen) atoms. The molecule has 4 atom stereocenters. The summed E-state index contributed by atoms with van der Waals surface area (Å²) in [6.45, 7) is 20.7. The van der Waals surface area contributed by atoms with Gasteiger partial charge >= 0.3 is 10.4 Å². The highest BCUT2D eigenvalue weighted by molar-refractivity contribution is 7.80. The molecule has 0 saturated carbocycles. The summed E-state index contributed by atoms with van der Waals surface area (Å²) < 4.78 is 60.9. The topological polar surface area (TPSA) is 164 Å². The molecule has 13 nitrogen and oxygen atoms in total. The maximum absolute atomic E-state index is 12.9. The van der Waals surface area contributed by atoms with Crippen molar-refractivity contribution in [3.05, 3.63) is 48.5 Å². The van der Waals surface area contributed by atoms with Gasteiger partial charge in [-0.25, -0.2) is 19.1 Å². The van der Waals surface area contributed by atoms with Crippen molar-refractivity contribution in [2.24, 2.45) is 0 Å². The first-order valence-corrected chi connectivity index (χ1v) is 22.0. The molecule has 0 aliphatic carbocycles. The third-order valence-electron chi connectivity index (χ3n) is 9.07. The van der Waals surface area contributed by atoms with Crippen LogP contribution in [0.1, 0.15) is 58.1 Å². The molecule has 0 spiro atoms. The van der Waals surface area contributed by atoms with E-state index in [1.807, 2.05) is 19.2 Å². The van der Waals surface area contributed by atoms with E-state index in [0.29, 0.717) is 16.7 Å². The molecule has 0 radical (unpaired) electrons. The molecule has 0 bridgehead atoms. The molecule has 3 aromatic rings. The fourth-order valence-electron chi connectivity index (χ4n) is 4.37. The normalized spacial score (nSPS) is 21.8. The van der Waals surface area contributed by atoms with Crippen molar-refractivity contribution in [2.45, 2.75) is 102 Å². The van der Waals surface area contributed by atoms with Crippen molar-refractivity contribution in [2.75, 3.05) is 11.9 Å². The number of imidazole rings is 1. The van der Waals surface area contributed by atoms with Gasteiger partial charge < -0.3 is 18.9 Å². The van der Waals surface area contributed by atoms with E-state index in [-0.39, 0.29) is 28.4 Å². The minimum absolute atomic E-state index is 0.00450. The van der Waals surface area contributed by atoms with Crippen LogP contribution in [-0.4, -0.2) is 80.0 Å². The number of rotatable bonds is 10. The average molecular weight is 680 g/mol. The molecule has 1 amide bonds. The van der Waals surface area contributed by atoms with E-state index in [4.69, 9.17) is 17.8 Å². The number of aromatic nitrogens is 4. The second-order valence-electron chi connectivity index (χ2n) is 14.3. The minimum Gasteiger partial charge on any atom is -0.414 e. The summed E-state index contributed by atoms with van der Waals surface area (Å²) in [6, 6.07) is 8.70. The van der Waals surface area contributed by atoms with Crippen LogP contribution in [0.15, 0.2) is 43.0 Å². The maximum Gasteiger partial charge on any atom is 0.397 e. The van der Waals surface area contributed by atoms with Crippen molar-refractivity contribution in [3.63, 3.8) is 0 Å². The number of hydrogen-bond acceptors (Lipinski definition) is 10. The standard InChI is InChI=1S/C29H45N5O8SSi2/c1-28(2,3)44(7,8)39-16-20-22(41-43(36,37)38)23(42-45(9,10)29(4,5)6)27(40-20)34-18-32-21-24(30-17-31-25(21)34)33-26(35)19-14-12-11-13-15-19/h11-15,17-18,20,22-23,27H,16H2,1-10H3,(H,36,37,38)(H,30,31,33,35). The van der Waals surface area contributed by atoms with Crippen molar-refractivity contribution in [1.82, 2.24) is 19.5 Å². The van der Waals surface area contributed by atoms with Crippen molar-refractivity contribution < 1.29 is 35.5 Å². The first-order valence-electron chi connectivity index (χ1n) is 14.8. The number of nitrogens with zero attached hydrogens (tertiary/aromatic N) is 4. The van der Waals surface area contributed by atoms with Crippen LogP contribution in [-0.2, 0) is 28.2 Å². The Labute approximate surface area is 267 Å². The Morgan fingerprint density at radius 3 is 2.18 bits per heavy atom. The molecular weight excluding hydrogens is 635 g/mol. The zero-order valence-corrected chi connectivity index (χ0v) is 30.4. The van der Waals surface area contributed by atoms with E-state index < -0.39 is 51.6 Å². The van der Waals surface area contributed by atoms with E-state index in [9.17, 15) is 17.8 Å². The number of carbonyl (C=O) groups excluding carboxylic acids is 1. The molecule has 2 aromatic heterocycles. The third kappa shape index (κ3) is 7.87. The van der Waals surface area contributed by atoms with Crippen LogP contribution in [0.3, 0.4) is 0 Å². The van der Waals surface area contributed by atoms with Gasteiger partial charge in [0, 0.05) is 5.56 Å². The molecule has 1 saturated heterocycles. The van der Waals surface area contributed by atoms with Gasteiger partial charge in [-0.1, -0.05) is 59.7 Å². The fraction of sp³-hybridized carbons (Fsp3) is 0.586. The molecule has 1 aromatic carbocycles. The SMILES string of the molecule is CC(C)(C)[Si](C)(C)OCC1OC(n2cnc3c(NC(=O)c4ccccc4)ncnc32)C(O[Si](C)(C)C(C)(C)C)C1OS(=O)(=O)O. The van der Waals surface area contributed by atoms with E-state index in [0.717, 1.165) is 0 Å². The number of hydrogen-bond donors (Lipinski definition) is 2. The summed E-state index contributed by atoms with van der Waals surface area (Å²) in [5, 5.41) is 2.41. The lowest BCUT2D eigenvalue weighted by atomic mass is 10.1. The summed E-state index contributed by atoms with van der Waals surface area (Å²) in [5.74, 6) is -0.179. The van der Waals surface area contributed by atoms with Crippen molar-refractivity contribution in [3.8, 4) is 0 Å². The minimum atomic E-state index is -4.91. The molecular formula is C29H45N5O8SSi2. The van der Waals surface area contributed by atoms with Gasteiger partial charge in [-0.15, -0.1) is 0 Å². The lowest BCUT2D eigenvalue weighted by Gasteiger charge is -2.40. The molecule has 1 aliphatic rings. The maximum atomic E-state index is 12.9. The monoisotopic (exact) mass is 679 g/mol. The molecule has 4 unspecified atom stereocenters. The number of nitrogens with one attached hydrogen (secondary N) is 1. The van der Waals surface area contributed by atoms with Gasteiger partial charge in [0.15, 0.2) is 39.8 Å². The first kappa shape index (κ1) is 35.3. The number of anilines is 1. The number of fused-ring (bicyclic) bond motifs is 1. The van der Waals surface area contributed by atoms with Gasteiger partial charge in [0.1, 0.15) is 24.6 Å². The van der Waals surface area contributed by atoms with Crippen LogP contribution in [0, 0.1) is 0 Å². The van der Waals surface area contributed by atoms with Crippen LogP contribution in [0.25, 0.3) is 11.2 Å². The summed E-state index contributed by atoms with van der Waals surface area (Å²) in [5.41, 5.74) is 1.06. The van der Waals surface area contributed by atoms with Crippen molar-refractivity contribution in [1.29, 1.82) is 0 Å². The molecule has 4 rings (SSSR count). The highest BCUT2D eigenvalue weighted by atomic mass is 32.3. The second-order valence-corrected chi connectivity index (χ2v) is 24.9. The lowest BCUT2D eigenvalue weighted by molar-refractivity contribution is -0.0467. The molecule has 1 fully saturated rings. The second kappa shape index (κ2) is 12.6. The summed E-state index contributed by atoms with van der Waals surface area (Å²) in [4.78, 5) is 26.1. The highest BCUT2D eigenvalue weighted by Gasteiger charge is 2.54. The number of ether oxygens (including phenoxy) is 1. The van der Waals surface area contributed by atoms with Gasteiger partial charge in [-0.3, -0.25) is 13.9 Å². The van der Waals surface area contributed by atoms with Gasteiger partial charge in [0.2, 0.25) is 0 Å². The van der Waals surface area contributed by atoms with Gasteiger partial charge in [-0.2, -0.15) is 8.42 Å². The predicted octanol–water partition coefficient (Wildman–Crippen LogP) is 5.58. The Kier molecular flexibility index (Phi) is 9.84. The zero-order valence-electron chi connectivity index (χ0n) is 27.6. The van der Waals surface area contributed by atoms with Crippen LogP contribution in [0.2, 0.25) is 36.3 Å². The Bertz CT molecular complexity index is 1620. The first-order chi connectivity index (χ1) is 20.6. The summed E-state index contributed by atoms with van der Waals surface area (Å²) >= 11 is 0. The van der Waals surface area contributed by atoms with E-state index in [1.165, 1.54) is 12.7 Å². The molecule has 3 heterocycles. The molecule has 248 valence electrons. The van der Waals surface area contributed by atoms with Gasteiger partial charge in [0.25, 0.3) is 5.91 Å². The third-order valence-corrected chi connectivity index (χ3v) is 18.5. The average Bonchev–Trinajstić information content (AvgIpc) is 3.47. The van der Waals surface area contributed by atoms with Crippen molar-refractivity contribution >= 4 is 49.9 Å². The lowest BCUT2D eigenvalue weighted by Crippen LogP contribution is -2.50. The Morgan fingerprint density at radius 2 is 1.60 bits per heavy atom. The Balaban J connectivity index is 1.77. The molecule has 1 aliphatic heterocycles. The Morgan fingerprint density at radius 1 is 0.978 bits per heavy atom. The smallest absolute Gasteiger partial charge is 0.397 e. The quantitative estimate of drug-likeness (QED) is 0.203. The predicted molar refractivity (Wildman–Crippen MR) is 175 cm³/mol. The fourth-order valence-corrected chi connectivity index (χ4v) is 7.18. The van der Waals surface area contributed by atoms with E-state index in [1.54, 1.807) is 28.8 Å². The van der Waals surface area contributed by atoms with Crippen LogP contribution >= 0.6 is 0 Å². The van der Waals surface area contributed by atoms with E-state index in [2.05, 4.69) is 74.9 Å². The Hall–Kier alpha value is -2.58. The molecule has 2 N–H and O–H groups in total. The van der Waals surface area contributed by atoms with Crippen LogP contribution in [0.4, 0.5) is 5.82 Å². The van der Waals surface area contributed by atoms with Crippen LogP contribution < -0.4 is 5.32 Å². The number of carbonyl (C=O) groups is 1. The largest absolute Gasteiger partial charge is 0.414 e. The number of benzene rings is 1. The van der Waals surface area contributed by atoms with E-state index >= 15 is 0 Å². The number of amides is 1. The summed E-state index contributed by atoms with van der Waals surface area (Å²) in [6.07, 6.45) is -1.39.